The molecule has 1 aliphatic rings. The number of nitrogens with one attached hydrogen (secondary N) is 2. The Morgan fingerprint density at radius 2 is 1.59 bits per heavy atom. The number of rotatable bonds is 14. The number of likely N-dealkylation sites (N-methyl/N-ethyl adjacent to an activating group) is 1. The monoisotopic (exact) mass is 686 g/mol. The maximum atomic E-state index is 13.6. The zero-order valence-electron chi connectivity index (χ0n) is 28.6. The van der Waals surface area contributed by atoms with Crippen molar-refractivity contribution in [3.8, 4) is 17.2 Å². The van der Waals surface area contributed by atoms with E-state index in [2.05, 4.69) is 45.8 Å². The van der Waals surface area contributed by atoms with Crippen molar-refractivity contribution in [3.63, 3.8) is 0 Å². The van der Waals surface area contributed by atoms with Gasteiger partial charge < -0.3 is 34.2 Å². The van der Waals surface area contributed by atoms with Crippen LogP contribution < -0.4 is 30.3 Å². The van der Waals surface area contributed by atoms with Crippen LogP contribution in [0.15, 0.2) is 117 Å². The summed E-state index contributed by atoms with van der Waals surface area (Å²) in [4.78, 5) is 46.0. The van der Waals surface area contributed by atoms with Crippen LogP contribution in [0.25, 0.3) is 11.0 Å². The molecule has 6 rings (SSSR count). The van der Waals surface area contributed by atoms with Crippen molar-refractivity contribution < 1.29 is 28.2 Å². The van der Waals surface area contributed by atoms with Gasteiger partial charge in [-0.15, -0.1) is 0 Å². The molecule has 0 bridgehead atoms. The number of nitrogens with zero attached hydrogens (tertiary/aromatic N) is 2. The lowest BCUT2D eigenvalue weighted by atomic mass is 10.1. The first-order valence-corrected chi connectivity index (χ1v) is 16.4. The van der Waals surface area contributed by atoms with Crippen molar-refractivity contribution in [2.24, 2.45) is 4.99 Å². The van der Waals surface area contributed by atoms with E-state index in [4.69, 9.17) is 18.6 Å². The number of aliphatic imine (C=N–C) groups is 1. The highest BCUT2D eigenvalue weighted by molar-refractivity contribution is 6.12. The summed E-state index contributed by atoms with van der Waals surface area (Å²) in [5.41, 5.74) is 4.01. The number of methoxy groups -OCH3 is 2. The third-order valence-electron chi connectivity index (χ3n) is 8.35. The van der Waals surface area contributed by atoms with E-state index in [0.717, 1.165) is 49.0 Å². The van der Waals surface area contributed by atoms with Crippen molar-refractivity contribution in [2.75, 3.05) is 45.1 Å². The van der Waals surface area contributed by atoms with Gasteiger partial charge in [0.1, 0.15) is 17.9 Å². The van der Waals surface area contributed by atoms with Crippen LogP contribution in [0.2, 0.25) is 0 Å². The highest BCUT2D eigenvalue weighted by Crippen LogP contribution is 2.34. The Morgan fingerprint density at radius 1 is 0.863 bits per heavy atom. The average Bonchev–Trinajstić information content (AvgIpc) is 3.68. The number of benzene rings is 4. The molecule has 0 saturated carbocycles. The summed E-state index contributed by atoms with van der Waals surface area (Å²) in [5.74, 6) is 0.0241. The molecule has 1 aliphatic heterocycles. The Labute approximate surface area is 295 Å². The molecule has 2 heterocycles. The SMILES string of the molecule is COc1cc(NC(=O)c2cc(=O)c3ccccc3o2)c(C(=O)Nc2ccc(CCN(C)Cc3ccc(OCC4=CCC=N4)cc3)cc2)cc1OC. The van der Waals surface area contributed by atoms with Crippen LogP contribution in [0, 0.1) is 0 Å². The van der Waals surface area contributed by atoms with E-state index in [-0.39, 0.29) is 28.0 Å². The van der Waals surface area contributed by atoms with Crippen molar-refractivity contribution in [3.05, 3.63) is 135 Å². The lowest BCUT2D eigenvalue weighted by molar-refractivity contribution is 0.0997. The van der Waals surface area contributed by atoms with E-state index in [1.807, 2.05) is 42.6 Å². The van der Waals surface area contributed by atoms with Gasteiger partial charge >= 0.3 is 0 Å². The Hall–Kier alpha value is -6.20. The number of fused-ring (bicyclic) bond motifs is 1. The normalized spacial score (nSPS) is 12.1. The minimum Gasteiger partial charge on any atom is -0.493 e. The van der Waals surface area contributed by atoms with E-state index in [9.17, 15) is 14.4 Å². The summed E-state index contributed by atoms with van der Waals surface area (Å²) in [7, 11) is 4.98. The van der Waals surface area contributed by atoms with Gasteiger partial charge in [-0.25, -0.2) is 0 Å². The molecule has 4 aromatic carbocycles. The van der Waals surface area contributed by atoms with E-state index in [0.29, 0.717) is 29.2 Å². The molecule has 0 aliphatic carbocycles. The highest BCUT2D eigenvalue weighted by atomic mass is 16.5. The first kappa shape index (κ1) is 34.7. The van der Waals surface area contributed by atoms with E-state index < -0.39 is 11.8 Å². The first-order chi connectivity index (χ1) is 24.8. The van der Waals surface area contributed by atoms with Crippen LogP contribution in [-0.4, -0.2) is 57.3 Å². The predicted molar refractivity (Wildman–Crippen MR) is 198 cm³/mol. The lowest BCUT2D eigenvalue weighted by Gasteiger charge is -2.17. The van der Waals surface area contributed by atoms with Gasteiger partial charge in [0.15, 0.2) is 22.7 Å². The fraction of sp³-hybridized carbons (Fsp3) is 0.200. The van der Waals surface area contributed by atoms with Gasteiger partial charge in [0.2, 0.25) is 0 Å². The smallest absolute Gasteiger partial charge is 0.291 e. The van der Waals surface area contributed by atoms with E-state index in [1.54, 1.807) is 24.3 Å². The summed E-state index contributed by atoms with van der Waals surface area (Å²) >= 11 is 0. The molecule has 11 nitrogen and oxygen atoms in total. The molecule has 0 atom stereocenters. The molecule has 2 amide bonds. The maximum absolute atomic E-state index is 13.6. The Morgan fingerprint density at radius 3 is 2.31 bits per heavy atom. The summed E-state index contributed by atoms with van der Waals surface area (Å²) in [6.45, 7) is 2.10. The molecule has 2 N–H and O–H groups in total. The molecule has 5 aromatic rings. The summed E-state index contributed by atoms with van der Waals surface area (Å²) in [6, 6.07) is 26.5. The quantitative estimate of drug-likeness (QED) is 0.132. The van der Waals surface area contributed by atoms with Crippen LogP contribution >= 0.6 is 0 Å². The molecule has 0 radical (unpaired) electrons. The van der Waals surface area contributed by atoms with Crippen LogP contribution in [0.1, 0.15) is 38.5 Å². The number of ether oxygens (including phenoxy) is 3. The molecule has 260 valence electrons. The van der Waals surface area contributed by atoms with Gasteiger partial charge in [-0.2, -0.15) is 0 Å². The Balaban J connectivity index is 1.07. The van der Waals surface area contributed by atoms with Gasteiger partial charge in [-0.05, 0) is 67.1 Å². The number of allylic oxidation sites excluding steroid dienone is 1. The number of anilines is 2. The van der Waals surface area contributed by atoms with Gasteiger partial charge in [0.05, 0.1) is 36.6 Å². The highest BCUT2D eigenvalue weighted by Gasteiger charge is 2.21. The van der Waals surface area contributed by atoms with Crippen molar-refractivity contribution in [2.45, 2.75) is 19.4 Å². The number of hydrogen-bond acceptors (Lipinski definition) is 9. The van der Waals surface area contributed by atoms with Crippen LogP contribution in [0.4, 0.5) is 11.4 Å². The van der Waals surface area contributed by atoms with Crippen LogP contribution in [0.5, 0.6) is 17.2 Å². The second-order valence-electron chi connectivity index (χ2n) is 12.0. The number of para-hydroxylation sites is 1. The van der Waals surface area contributed by atoms with Gasteiger partial charge in [0, 0.05) is 43.5 Å². The molecule has 0 unspecified atom stereocenters. The van der Waals surface area contributed by atoms with Crippen molar-refractivity contribution in [1.82, 2.24) is 4.90 Å². The zero-order chi connectivity index (χ0) is 35.7. The standard InChI is InChI=1S/C40H38N4O7/c1-44(24-27-12-16-30(17-13-27)50-25-29-7-6-19-41-29)20-18-26-10-14-28(15-11-26)42-39(46)32-21-36(48-2)37(49-3)22-33(32)43-40(47)38-23-34(45)31-8-4-5-9-35(31)51-38/h4-5,7-17,19,21-23H,6,18,20,24-25H2,1-3H3,(H,42,46)(H,43,47). The predicted octanol–water partition coefficient (Wildman–Crippen LogP) is 6.73. The Bertz CT molecular complexity index is 2160. The first-order valence-electron chi connectivity index (χ1n) is 16.4. The van der Waals surface area contributed by atoms with E-state index >= 15 is 0 Å². The number of amides is 2. The molecule has 11 heteroatoms. The number of hydrogen-bond donors (Lipinski definition) is 2. The summed E-state index contributed by atoms with van der Waals surface area (Å²) in [6.07, 6.45) is 5.62. The van der Waals surface area contributed by atoms with Crippen LogP contribution in [-0.2, 0) is 13.0 Å². The van der Waals surface area contributed by atoms with Crippen LogP contribution in [0.3, 0.4) is 0 Å². The number of carbonyl (C=O) groups is 2. The van der Waals surface area contributed by atoms with Gasteiger partial charge in [-0.3, -0.25) is 19.4 Å². The maximum Gasteiger partial charge on any atom is 0.291 e. The van der Waals surface area contributed by atoms with Crippen molar-refractivity contribution in [1.29, 1.82) is 0 Å². The largest absolute Gasteiger partial charge is 0.493 e. The lowest BCUT2D eigenvalue weighted by Crippen LogP contribution is -2.21. The average molecular weight is 687 g/mol. The fourth-order valence-electron chi connectivity index (χ4n) is 5.59. The topological polar surface area (TPSA) is 132 Å². The second-order valence-corrected chi connectivity index (χ2v) is 12.0. The number of carbonyl (C=O) groups excluding carboxylic acids is 2. The third kappa shape index (κ3) is 8.70. The minimum atomic E-state index is -0.706. The third-order valence-corrected chi connectivity index (χ3v) is 8.35. The minimum absolute atomic E-state index is 0.120. The molecular weight excluding hydrogens is 648 g/mol. The van der Waals surface area contributed by atoms with Gasteiger partial charge in [0.25, 0.3) is 11.8 Å². The summed E-state index contributed by atoms with van der Waals surface area (Å²) in [5, 5.41) is 5.95. The Kier molecular flexibility index (Phi) is 10.9. The molecule has 0 fully saturated rings. The fourth-order valence-corrected chi connectivity index (χ4v) is 5.59. The molecule has 0 saturated heterocycles. The van der Waals surface area contributed by atoms with Crippen molar-refractivity contribution >= 4 is 40.4 Å². The van der Waals surface area contributed by atoms with Gasteiger partial charge in [-0.1, -0.05) is 42.5 Å². The second kappa shape index (κ2) is 16.0. The molecule has 51 heavy (non-hydrogen) atoms. The molecule has 0 spiro atoms. The molecular formula is C40H38N4O7. The zero-order valence-corrected chi connectivity index (χ0v) is 28.6. The van der Waals surface area contributed by atoms with E-state index in [1.165, 1.54) is 31.9 Å². The summed E-state index contributed by atoms with van der Waals surface area (Å²) < 4.78 is 22.4. The molecule has 1 aromatic heterocycles.